The molecule has 0 aliphatic rings. The van der Waals surface area contributed by atoms with Gasteiger partial charge in [-0.2, -0.15) is 0 Å². The first-order valence-electron chi connectivity index (χ1n) is 4.39. The number of hydrogen-bond acceptors (Lipinski definition) is 2. The lowest BCUT2D eigenvalue weighted by Gasteiger charge is -2.00. The third kappa shape index (κ3) is 1.87. The summed E-state index contributed by atoms with van der Waals surface area (Å²) in [4.78, 5) is 14.8. The van der Waals surface area contributed by atoms with Gasteiger partial charge in [-0.1, -0.05) is 0 Å². The maximum atomic E-state index is 10.6. The number of halogens is 1. The van der Waals surface area contributed by atoms with Gasteiger partial charge in [-0.3, -0.25) is 9.78 Å². The molecule has 2 rings (SSSR count). The second-order valence-electron chi connectivity index (χ2n) is 3.32. The van der Waals surface area contributed by atoms with Crippen molar-refractivity contribution in [3.8, 4) is 0 Å². The van der Waals surface area contributed by atoms with E-state index in [1.54, 1.807) is 12.3 Å². The molecule has 1 N–H and O–H groups in total. The second kappa shape index (κ2) is 3.66. The Bertz CT molecular complexity index is 533. The lowest BCUT2D eigenvalue weighted by molar-refractivity contribution is -0.136. The van der Waals surface area contributed by atoms with Gasteiger partial charge >= 0.3 is 5.97 Å². The molecule has 4 nitrogen and oxygen atoms in total. The first kappa shape index (κ1) is 10.2. The lowest BCUT2D eigenvalue weighted by atomic mass is 10.3. The molecule has 0 saturated carbocycles. The van der Waals surface area contributed by atoms with E-state index in [0.717, 1.165) is 21.2 Å². The number of rotatable bonds is 2. The highest BCUT2D eigenvalue weighted by atomic mass is 79.9. The molecule has 0 unspecified atom stereocenters. The molecule has 2 aromatic rings. The van der Waals surface area contributed by atoms with Crippen LogP contribution in [0.3, 0.4) is 0 Å². The topological polar surface area (TPSA) is 55.1 Å². The molecule has 0 aliphatic carbocycles. The Kier molecular flexibility index (Phi) is 2.48. The fourth-order valence-corrected chi connectivity index (χ4v) is 1.87. The van der Waals surface area contributed by atoms with Gasteiger partial charge < -0.3 is 9.67 Å². The van der Waals surface area contributed by atoms with Crippen LogP contribution in [0.15, 0.2) is 22.8 Å². The molecule has 0 fully saturated rings. The van der Waals surface area contributed by atoms with E-state index in [4.69, 9.17) is 5.11 Å². The Morgan fingerprint density at radius 3 is 3.00 bits per heavy atom. The number of fused-ring (bicyclic) bond motifs is 1. The highest BCUT2D eigenvalue weighted by Gasteiger charge is 2.09. The minimum Gasteiger partial charge on any atom is -0.481 e. The van der Waals surface area contributed by atoms with Crippen LogP contribution in [0.25, 0.3) is 11.0 Å². The van der Waals surface area contributed by atoms with Gasteiger partial charge in [-0.15, -0.1) is 0 Å². The quantitative estimate of drug-likeness (QED) is 0.906. The number of carbonyl (C=O) groups is 1. The smallest absolute Gasteiger partial charge is 0.309 e. The summed E-state index contributed by atoms with van der Waals surface area (Å²) in [5, 5.41) is 8.73. The average molecular weight is 269 g/mol. The van der Waals surface area contributed by atoms with Crippen LogP contribution in [0.1, 0.15) is 5.69 Å². The molecule has 0 aromatic carbocycles. The molecular weight excluding hydrogens is 260 g/mol. The molecule has 0 amide bonds. The molecular formula is C10H9BrN2O2. The number of aryl methyl sites for hydroxylation is 1. The Morgan fingerprint density at radius 1 is 1.60 bits per heavy atom. The van der Waals surface area contributed by atoms with Gasteiger partial charge in [-0.05, 0) is 28.1 Å². The summed E-state index contributed by atoms with van der Waals surface area (Å²) in [5.41, 5.74) is 2.50. The summed E-state index contributed by atoms with van der Waals surface area (Å²) in [6, 6.07) is 3.73. The van der Waals surface area contributed by atoms with E-state index in [0.29, 0.717) is 0 Å². The SMILES string of the molecule is Cn1c(CC(=O)O)cc2ncc(Br)cc21. The molecule has 0 radical (unpaired) electrons. The summed E-state index contributed by atoms with van der Waals surface area (Å²) < 4.78 is 2.74. The van der Waals surface area contributed by atoms with Gasteiger partial charge in [-0.25, -0.2) is 0 Å². The Labute approximate surface area is 94.7 Å². The fourth-order valence-electron chi connectivity index (χ4n) is 1.55. The Morgan fingerprint density at radius 2 is 2.33 bits per heavy atom. The van der Waals surface area contributed by atoms with Gasteiger partial charge in [0.1, 0.15) is 0 Å². The largest absolute Gasteiger partial charge is 0.481 e. The van der Waals surface area contributed by atoms with Crippen molar-refractivity contribution < 1.29 is 9.90 Å². The normalized spacial score (nSPS) is 10.8. The third-order valence-corrected chi connectivity index (χ3v) is 2.73. The number of carboxylic acids is 1. The maximum absolute atomic E-state index is 10.6. The molecule has 78 valence electrons. The van der Waals surface area contributed by atoms with Crippen molar-refractivity contribution in [3.05, 3.63) is 28.5 Å². The first-order chi connectivity index (χ1) is 7.08. The zero-order valence-electron chi connectivity index (χ0n) is 8.07. The van der Waals surface area contributed by atoms with Gasteiger partial charge in [0.05, 0.1) is 17.5 Å². The predicted octanol–water partition coefficient (Wildman–Crippen LogP) is 1.96. The van der Waals surface area contributed by atoms with Crippen LogP contribution >= 0.6 is 15.9 Å². The van der Waals surface area contributed by atoms with Crippen molar-refractivity contribution in [1.82, 2.24) is 9.55 Å². The second-order valence-corrected chi connectivity index (χ2v) is 4.24. The van der Waals surface area contributed by atoms with Crippen molar-refractivity contribution >= 4 is 32.9 Å². The van der Waals surface area contributed by atoms with Crippen molar-refractivity contribution in [2.75, 3.05) is 0 Å². The Hall–Kier alpha value is -1.36. The van der Waals surface area contributed by atoms with Crippen LogP contribution in [-0.4, -0.2) is 20.6 Å². The summed E-state index contributed by atoms with van der Waals surface area (Å²) in [6.07, 6.45) is 1.72. The minimum absolute atomic E-state index is 0.0183. The fraction of sp³-hybridized carbons (Fsp3) is 0.200. The molecule has 5 heteroatoms. The van der Waals surface area contributed by atoms with E-state index in [1.807, 2.05) is 17.7 Å². The molecule has 15 heavy (non-hydrogen) atoms. The molecule has 0 aliphatic heterocycles. The van der Waals surface area contributed by atoms with Crippen LogP contribution in [0.2, 0.25) is 0 Å². The van der Waals surface area contributed by atoms with Crippen molar-refractivity contribution in [1.29, 1.82) is 0 Å². The monoisotopic (exact) mass is 268 g/mol. The first-order valence-corrected chi connectivity index (χ1v) is 5.19. The number of aromatic nitrogens is 2. The molecule has 0 spiro atoms. The van der Waals surface area contributed by atoms with Crippen LogP contribution < -0.4 is 0 Å². The van der Waals surface area contributed by atoms with Gasteiger partial charge in [0.15, 0.2) is 0 Å². The summed E-state index contributed by atoms with van der Waals surface area (Å²) in [7, 11) is 1.84. The minimum atomic E-state index is -0.833. The van der Waals surface area contributed by atoms with Gasteiger partial charge in [0, 0.05) is 23.4 Å². The number of carboxylic acid groups (broad SMARTS) is 1. The number of pyridine rings is 1. The van der Waals surface area contributed by atoms with E-state index in [-0.39, 0.29) is 6.42 Å². The molecule has 0 atom stereocenters. The Balaban J connectivity index is 2.59. The van der Waals surface area contributed by atoms with Crippen molar-refractivity contribution in [3.63, 3.8) is 0 Å². The maximum Gasteiger partial charge on any atom is 0.309 e. The lowest BCUT2D eigenvalue weighted by Crippen LogP contribution is -2.04. The number of nitrogens with zero attached hydrogens (tertiary/aromatic N) is 2. The molecule has 2 heterocycles. The van der Waals surface area contributed by atoms with Crippen LogP contribution in [0, 0.1) is 0 Å². The molecule has 2 aromatic heterocycles. The van der Waals surface area contributed by atoms with Crippen molar-refractivity contribution in [2.45, 2.75) is 6.42 Å². The highest BCUT2D eigenvalue weighted by molar-refractivity contribution is 9.10. The molecule has 0 bridgehead atoms. The summed E-state index contributed by atoms with van der Waals surface area (Å²) >= 11 is 3.33. The highest BCUT2D eigenvalue weighted by Crippen LogP contribution is 2.20. The van der Waals surface area contributed by atoms with E-state index in [9.17, 15) is 4.79 Å². The zero-order valence-corrected chi connectivity index (χ0v) is 9.65. The van der Waals surface area contributed by atoms with E-state index >= 15 is 0 Å². The summed E-state index contributed by atoms with van der Waals surface area (Å²) in [5.74, 6) is -0.833. The van der Waals surface area contributed by atoms with E-state index in [1.165, 1.54) is 0 Å². The van der Waals surface area contributed by atoms with E-state index < -0.39 is 5.97 Å². The predicted molar refractivity (Wildman–Crippen MR) is 59.8 cm³/mol. The van der Waals surface area contributed by atoms with Gasteiger partial charge in [0.25, 0.3) is 0 Å². The third-order valence-electron chi connectivity index (χ3n) is 2.29. The van der Waals surface area contributed by atoms with E-state index in [2.05, 4.69) is 20.9 Å². The molecule has 0 saturated heterocycles. The van der Waals surface area contributed by atoms with Crippen LogP contribution in [0.4, 0.5) is 0 Å². The number of hydrogen-bond donors (Lipinski definition) is 1. The van der Waals surface area contributed by atoms with Crippen molar-refractivity contribution in [2.24, 2.45) is 7.05 Å². The van der Waals surface area contributed by atoms with Gasteiger partial charge in [0.2, 0.25) is 0 Å². The number of aliphatic carboxylic acids is 1. The van der Waals surface area contributed by atoms with Crippen LogP contribution in [0.5, 0.6) is 0 Å². The average Bonchev–Trinajstić information content (AvgIpc) is 2.44. The zero-order chi connectivity index (χ0) is 11.0. The standard InChI is InChI=1S/C10H9BrN2O2/c1-13-7(4-10(14)15)3-8-9(13)2-6(11)5-12-8/h2-3,5H,4H2,1H3,(H,14,15). The van der Waals surface area contributed by atoms with Crippen LogP contribution in [-0.2, 0) is 18.3 Å². The summed E-state index contributed by atoms with van der Waals surface area (Å²) in [6.45, 7) is 0.